The number of halogens is 1. The molecule has 1 amide bonds. The van der Waals surface area contributed by atoms with Crippen molar-refractivity contribution in [3.05, 3.63) is 70.2 Å². The molecule has 0 bridgehead atoms. The lowest BCUT2D eigenvalue weighted by Gasteiger charge is -2.14. The number of carbonyl (C=O) groups excluding carboxylic acids is 2. The molecule has 0 aromatic heterocycles. The van der Waals surface area contributed by atoms with Gasteiger partial charge in [-0.3, -0.25) is 4.79 Å². The highest BCUT2D eigenvalue weighted by Crippen LogP contribution is 2.36. The van der Waals surface area contributed by atoms with E-state index in [9.17, 15) is 9.59 Å². The molecule has 7 nitrogen and oxygen atoms in total. The summed E-state index contributed by atoms with van der Waals surface area (Å²) in [5.74, 6) is 0.471. The first kappa shape index (κ1) is 24.3. The highest BCUT2D eigenvalue weighted by Gasteiger charge is 2.29. The Kier molecular flexibility index (Phi) is 8.06. The number of hydrazone groups is 1. The van der Waals surface area contributed by atoms with E-state index < -0.39 is 5.97 Å². The van der Waals surface area contributed by atoms with E-state index in [1.807, 2.05) is 13.0 Å². The van der Waals surface area contributed by atoms with Gasteiger partial charge in [0.25, 0.3) is 5.91 Å². The van der Waals surface area contributed by atoms with Crippen LogP contribution in [-0.4, -0.2) is 37.4 Å². The highest BCUT2D eigenvalue weighted by molar-refractivity contribution is 9.10. The van der Waals surface area contributed by atoms with Gasteiger partial charge in [0.05, 0.1) is 35.7 Å². The molecule has 1 aliphatic heterocycles. The summed E-state index contributed by atoms with van der Waals surface area (Å²) in [5, 5.41) is 5.72. The third kappa shape index (κ3) is 5.51. The predicted molar refractivity (Wildman–Crippen MR) is 132 cm³/mol. The Hall–Kier alpha value is -3.39. The van der Waals surface area contributed by atoms with Crippen LogP contribution in [-0.2, 0) is 9.53 Å². The van der Waals surface area contributed by atoms with Crippen molar-refractivity contribution in [3.8, 4) is 11.5 Å². The van der Waals surface area contributed by atoms with Gasteiger partial charge in [-0.25, -0.2) is 4.79 Å². The Bertz CT molecular complexity index is 1120. The van der Waals surface area contributed by atoms with Crippen molar-refractivity contribution >= 4 is 45.3 Å². The number of hydrogen-bond donors (Lipinski definition) is 0. The van der Waals surface area contributed by atoms with E-state index in [1.165, 1.54) is 5.01 Å². The summed E-state index contributed by atoms with van der Waals surface area (Å²) in [6.45, 7) is 10.2. The molecule has 0 unspecified atom stereocenters. The van der Waals surface area contributed by atoms with E-state index in [1.54, 1.807) is 56.3 Å². The molecule has 0 aliphatic carbocycles. The van der Waals surface area contributed by atoms with Crippen molar-refractivity contribution in [2.24, 2.45) is 5.10 Å². The summed E-state index contributed by atoms with van der Waals surface area (Å²) >= 11 is 3.55. The van der Waals surface area contributed by atoms with Gasteiger partial charge in [0.1, 0.15) is 6.61 Å². The van der Waals surface area contributed by atoms with Gasteiger partial charge < -0.3 is 14.2 Å². The lowest BCUT2D eigenvalue weighted by Crippen LogP contribution is -2.21. The SMILES string of the molecule is C=CCOc1cc(Br)c(C=C2C(=O)N(c3ccc(C(=O)OCC)cc3)N=C2C)cc1OCC. The third-order valence-corrected chi connectivity index (χ3v) is 5.39. The Morgan fingerprint density at radius 2 is 1.82 bits per heavy atom. The van der Waals surface area contributed by atoms with Crippen molar-refractivity contribution in [1.29, 1.82) is 0 Å². The lowest BCUT2D eigenvalue weighted by atomic mass is 10.1. The molecular weight excluding hydrogens is 488 g/mol. The van der Waals surface area contributed by atoms with E-state index in [-0.39, 0.29) is 5.91 Å². The first-order chi connectivity index (χ1) is 15.9. The van der Waals surface area contributed by atoms with Crippen molar-refractivity contribution in [3.63, 3.8) is 0 Å². The molecule has 2 aromatic carbocycles. The molecule has 0 fully saturated rings. The van der Waals surface area contributed by atoms with Gasteiger partial charge in [0.2, 0.25) is 0 Å². The van der Waals surface area contributed by atoms with Crippen LogP contribution in [0.1, 0.15) is 36.7 Å². The van der Waals surface area contributed by atoms with E-state index in [0.29, 0.717) is 53.9 Å². The summed E-state index contributed by atoms with van der Waals surface area (Å²) in [5.41, 5.74) is 2.74. The number of rotatable bonds is 9. The average molecular weight is 513 g/mol. The van der Waals surface area contributed by atoms with Crippen LogP contribution in [0.3, 0.4) is 0 Å². The molecule has 1 aliphatic rings. The molecule has 0 spiro atoms. The quantitative estimate of drug-likeness (QED) is 0.255. The zero-order valence-electron chi connectivity index (χ0n) is 18.8. The minimum absolute atomic E-state index is 0.270. The predicted octanol–water partition coefficient (Wildman–Crippen LogP) is 5.40. The summed E-state index contributed by atoms with van der Waals surface area (Å²) in [4.78, 5) is 25.0. The summed E-state index contributed by atoms with van der Waals surface area (Å²) < 4.78 is 17.1. The summed E-state index contributed by atoms with van der Waals surface area (Å²) in [7, 11) is 0. The molecule has 172 valence electrons. The largest absolute Gasteiger partial charge is 0.490 e. The number of benzene rings is 2. The van der Waals surface area contributed by atoms with Gasteiger partial charge in [0, 0.05) is 4.47 Å². The molecule has 0 saturated carbocycles. The molecule has 2 aromatic rings. The number of hydrogen-bond acceptors (Lipinski definition) is 6. The zero-order valence-corrected chi connectivity index (χ0v) is 20.3. The Morgan fingerprint density at radius 3 is 2.45 bits per heavy atom. The number of ether oxygens (including phenoxy) is 3. The Balaban J connectivity index is 1.89. The molecule has 0 saturated heterocycles. The fraction of sp³-hybridized carbons (Fsp3) is 0.240. The smallest absolute Gasteiger partial charge is 0.338 e. The minimum Gasteiger partial charge on any atom is -0.490 e. The maximum absolute atomic E-state index is 13.1. The van der Waals surface area contributed by atoms with Crippen LogP contribution in [0, 0.1) is 0 Å². The van der Waals surface area contributed by atoms with Crippen LogP contribution in [0.15, 0.2) is 64.2 Å². The van der Waals surface area contributed by atoms with E-state index in [2.05, 4.69) is 27.6 Å². The highest BCUT2D eigenvalue weighted by atomic mass is 79.9. The Labute approximate surface area is 201 Å². The number of nitrogens with zero attached hydrogens (tertiary/aromatic N) is 2. The molecular formula is C25H25BrN2O5. The minimum atomic E-state index is -0.410. The van der Waals surface area contributed by atoms with Gasteiger partial charge in [-0.1, -0.05) is 28.6 Å². The van der Waals surface area contributed by atoms with Crippen LogP contribution in [0.5, 0.6) is 11.5 Å². The van der Waals surface area contributed by atoms with Gasteiger partial charge >= 0.3 is 5.97 Å². The molecule has 3 rings (SSSR count). The van der Waals surface area contributed by atoms with Crippen LogP contribution in [0.4, 0.5) is 5.69 Å². The summed E-state index contributed by atoms with van der Waals surface area (Å²) in [6.07, 6.45) is 3.42. The number of carbonyl (C=O) groups is 2. The maximum Gasteiger partial charge on any atom is 0.338 e. The van der Waals surface area contributed by atoms with Crippen LogP contribution < -0.4 is 14.5 Å². The molecule has 0 N–H and O–H groups in total. The molecule has 1 heterocycles. The Morgan fingerprint density at radius 1 is 1.12 bits per heavy atom. The zero-order chi connectivity index (χ0) is 24.0. The maximum atomic E-state index is 13.1. The summed E-state index contributed by atoms with van der Waals surface area (Å²) in [6, 6.07) is 10.2. The fourth-order valence-electron chi connectivity index (χ4n) is 3.16. The standard InChI is InChI=1S/C25H25BrN2O5/c1-5-12-33-23-15-21(26)18(14-22(23)31-6-2)13-20-16(4)27-28(24(20)29)19-10-8-17(9-11-19)25(30)32-7-3/h5,8-11,13-15H,1,6-7,12H2,2-4H3. The molecule has 0 radical (unpaired) electrons. The van der Waals surface area contributed by atoms with Crippen molar-refractivity contribution in [2.75, 3.05) is 24.8 Å². The van der Waals surface area contributed by atoms with Crippen LogP contribution in [0.2, 0.25) is 0 Å². The topological polar surface area (TPSA) is 77.4 Å². The number of anilines is 1. The molecule has 8 heteroatoms. The second-order valence-electron chi connectivity index (χ2n) is 6.98. The van der Waals surface area contributed by atoms with E-state index in [0.717, 1.165) is 10.0 Å². The van der Waals surface area contributed by atoms with Crippen LogP contribution >= 0.6 is 15.9 Å². The molecule has 33 heavy (non-hydrogen) atoms. The second kappa shape index (κ2) is 11.0. The van der Waals surface area contributed by atoms with E-state index >= 15 is 0 Å². The second-order valence-corrected chi connectivity index (χ2v) is 7.84. The van der Waals surface area contributed by atoms with Crippen molar-refractivity contribution in [2.45, 2.75) is 20.8 Å². The normalized spacial score (nSPS) is 14.3. The van der Waals surface area contributed by atoms with Gasteiger partial charge in [0.15, 0.2) is 11.5 Å². The van der Waals surface area contributed by atoms with E-state index in [4.69, 9.17) is 14.2 Å². The van der Waals surface area contributed by atoms with Crippen molar-refractivity contribution in [1.82, 2.24) is 0 Å². The monoisotopic (exact) mass is 512 g/mol. The van der Waals surface area contributed by atoms with Crippen molar-refractivity contribution < 1.29 is 23.8 Å². The third-order valence-electron chi connectivity index (χ3n) is 4.70. The number of amides is 1. The van der Waals surface area contributed by atoms with Crippen LogP contribution in [0.25, 0.3) is 6.08 Å². The average Bonchev–Trinajstić information content (AvgIpc) is 3.08. The van der Waals surface area contributed by atoms with Gasteiger partial charge in [-0.2, -0.15) is 10.1 Å². The van der Waals surface area contributed by atoms with Gasteiger partial charge in [-0.15, -0.1) is 0 Å². The van der Waals surface area contributed by atoms with Gasteiger partial charge in [-0.05, 0) is 68.8 Å². The fourth-order valence-corrected chi connectivity index (χ4v) is 3.60. The first-order valence-corrected chi connectivity index (χ1v) is 11.3. The number of esters is 1. The first-order valence-electron chi connectivity index (χ1n) is 10.5. The lowest BCUT2D eigenvalue weighted by molar-refractivity contribution is -0.114. The molecule has 0 atom stereocenters.